The van der Waals surface area contributed by atoms with Crippen molar-refractivity contribution in [1.29, 1.82) is 0 Å². The van der Waals surface area contributed by atoms with Crippen molar-refractivity contribution in [2.45, 2.75) is 32.6 Å². The molecule has 1 N–H and O–H groups in total. The first kappa shape index (κ1) is 18.5. The molecule has 30 heavy (non-hydrogen) atoms. The summed E-state index contributed by atoms with van der Waals surface area (Å²) in [5, 5.41) is 4.03. The molecule has 1 aliphatic rings. The second-order valence-corrected chi connectivity index (χ2v) is 7.87. The van der Waals surface area contributed by atoms with Crippen LogP contribution >= 0.6 is 0 Å². The molecule has 0 radical (unpaired) electrons. The van der Waals surface area contributed by atoms with E-state index < -0.39 is 0 Å². The lowest BCUT2D eigenvalue weighted by Crippen LogP contribution is -2.14. The summed E-state index contributed by atoms with van der Waals surface area (Å²) in [6, 6.07) is 19.6. The number of para-hydroxylation sites is 2. The number of amides is 1. The number of furan rings is 1. The molecule has 0 spiro atoms. The zero-order valence-corrected chi connectivity index (χ0v) is 16.9. The maximum absolute atomic E-state index is 12.8. The number of hydrogen-bond donors (Lipinski definition) is 1. The van der Waals surface area contributed by atoms with E-state index in [1.165, 1.54) is 23.1 Å². The summed E-state index contributed by atoms with van der Waals surface area (Å²) < 4.78 is 11.7. The molecule has 4 aromatic rings. The van der Waals surface area contributed by atoms with E-state index in [9.17, 15) is 4.79 Å². The average molecular weight is 397 g/mol. The van der Waals surface area contributed by atoms with E-state index in [0.29, 0.717) is 11.4 Å². The van der Waals surface area contributed by atoms with Crippen molar-refractivity contribution in [3.8, 4) is 11.5 Å². The van der Waals surface area contributed by atoms with Crippen molar-refractivity contribution in [2.24, 2.45) is 0 Å². The van der Waals surface area contributed by atoms with Crippen molar-refractivity contribution < 1.29 is 13.9 Å². The van der Waals surface area contributed by atoms with E-state index in [1.54, 1.807) is 6.26 Å². The molecule has 1 heterocycles. The predicted molar refractivity (Wildman–Crippen MR) is 118 cm³/mol. The van der Waals surface area contributed by atoms with Crippen molar-refractivity contribution in [2.75, 3.05) is 5.32 Å². The first-order valence-electron chi connectivity index (χ1n) is 10.3. The summed E-state index contributed by atoms with van der Waals surface area (Å²) in [5.41, 5.74) is 6.34. The van der Waals surface area contributed by atoms with E-state index in [1.807, 2.05) is 55.5 Å². The Labute approximate surface area is 175 Å². The largest absolute Gasteiger partial charge is 0.464 e. The average Bonchev–Trinajstić information content (AvgIpc) is 3.36. The molecule has 0 atom stereocenters. The van der Waals surface area contributed by atoms with E-state index >= 15 is 0 Å². The van der Waals surface area contributed by atoms with Gasteiger partial charge >= 0.3 is 0 Å². The number of benzene rings is 3. The predicted octanol–water partition coefficient (Wildman–Crippen LogP) is 6.20. The van der Waals surface area contributed by atoms with Crippen LogP contribution in [0.5, 0.6) is 11.5 Å². The molecule has 1 amide bonds. The Bertz CT molecular complexity index is 1220. The van der Waals surface area contributed by atoms with Crippen LogP contribution in [0.1, 0.15) is 28.7 Å². The highest BCUT2D eigenvalue weighted by molar-refractivity contribution is 5.96. The number of fused-ring (bicyclic) bond motifs is 2. The molecule has 150 valence electrons. The Morgan fingerprint density at radius 1 is 1.03 bits per heavy atom. The van der Waals surface area contributed by atoms with Crippen LogP contribution in [-0.2, 0) is 24.1 Å². The summed E-state index contributed by atoms with van der Waals surface area (Å²) in [6.45, 7) is 2.03. The lowest BCUT2D eigenvalue weighted by Gasteiger charge is -2.12. The molecule has 3 aromatic carbocycles. The van der Waals surface area contributed by atoms with E-state index in [2.05, 4.69) is 17.4 Å². The highest BCUT2D eigenvalue weighted by atomic mass is 16.5. The summed E-state index contributed by atoms with van der Waals surface area (Å²) in [5.74, 6) is 1.25. The molecular formula is C26H23NO3. The standard InChI is InChI=1S/C26H23NO3/c1-17-9-11-21(12-10-17)30-24-8-3-2-7-23(24)27-26(28)15-20-16-29-25-14-19-6-4-5-18(19)13-22(20)25/h2-3,7-14,16H,4-6,15H2,1H3,(H,27,28). The molecule has 0 saturated heterocycles. The van der Waals surface area contributed by atoms with Gasteiger partial charge in [-0.25, -0.2) is 0 Å². The van der Waals surface area contributed by atoms with Crippen molar-refractivity contribution in [1.82, 2.24) is 0 Å². The number of aryl methyl sites for hydroxylation is 3. The van der Waals surface area contributed by atoms with E-state index in [4.69, 9.17) is 9.15 Å². The van der Waals surface area contributed by atoms with Gasteiger partial charge in [-0.3, -0.25) is 4.79 Å². The maximum atomic E-state index is 12.8. The van der Waals surface area contributed by atoms with E-state index in [-0.39, 0.29) is 12.3 Å². The first-order chi connectivity index (χ1) is 14.7. The molecule has 4 nitrogen and oxygen atoms in total. The van der Waals surface area contributed by atoms with Crippen LogP contribution in [0, 0.1) is 6.92 Å². The van der Waals surface area contributed by atoms with Gasteiger partial charge in [0.2, 0.25) is 5.91 Å². The van der Waals surface area contributed by atoms with Gasteiger partial charge in [0.15, 0.2) is 5.75 Å². The molecule has 5 rings (SSSR count). The smallest absolute Gasteiger partial charge is 0.229 e. The third-order valence-electron chi connectivity index (χ3n) is 5.63. The highest BCUT2D eigenvalue weighted by Crippen LogP contribution is 2.32. The Kier molecular flexibility index (Phi) is 4.75. The van der Waals surface area contributed by atoms with Crippen molar-refractivity contribution >= 4 is 22.6 Å². The summed E-state index contributed by atoms with van der Waals surface area (Å²) in [6.07, 6.45) is 5.36. The lowest BCUT2D eigenvalue weighted by molar-refractivity contribution is -0.115. The van der Waals surface area contributed by atoms with Gasteiger partial charge in [0.1, 0.15) is 11.3 Å². The van der Waals surface area contributed by atoms with Gasteiger partial charge in [-0.2, -0.15) is 0 Å². The quantitative estimate of drug-likeness (QED) is 0.436. The van der Waals surface area contributed by atoms with Crippen LogP contribution in [0.4, 0.5) is 5.69 Å². The Morgan fingerprint density at radius 2 is 1.80 bits per heavy atom. The lowest BCUT2D eigenvalue weighted by atomic mass is 10.0. The number of anilines is 1. The van der Waals surface area contributed by atoms with Crippen LogP contribution in [0.25, 0.3) is 11.0 Å². The van der Waals surface area contributed by atoms with E-state index in [0.717, 1.165) is 35.1 Å². The van der Waals surface area contributed by atoms with Crippen LogP contribution in [-0.4, -0.2) is 5.91 Å². The maximum Gasteiger partial charge on any atom is 0.229 e. The SMILES string of the molecule is Cc1ccc(Oc2ccccc2NC(=O)Cc2coc3cc4c(cc23)CCC4)cc1. The second kappa shape index (κ2) is 7.71. The number of carbonyl (C=O) groups is 1. The van der Waals surface area contributed by atoms with Crippen LogP contribution in [0.2, 0.25) is 0 Å². The van der Waals surface area contributed by atoms with Crippen LogP contribution in [0.15, 0.2) is 71.3 Å². The topological polar surface area (TPSA) is 51.5 Å². The molecular weight excluding hydrogens is 374 g/mol. The molecule has 0 bridgehead atoms. The summed E-state index contributed by atoms with van der Waals surface area (Å²) >= 11 is 0. The van der Waals surface area contributed by atoms with Gasteiger partial charge in [-0.15, -0.1) is 0 Å². The van der Waals surface area contributed by atoms with Gasteiger partial charge in [0, 0.05) is 10.9 Å². The summed E-state index contributed by atoms with van der Waals surface area (Å²) in [7, 11) is 0. The van der Waals surface area contributed by atoms with Gasteiger partial charge in [-0.05, 0) is 73.7 Å². The zero-order chi connectivity index (χ0) is 20.5. The molecule has 0 aliphatic heterocycles. The van der Waals surface area contributed by atoms with Gasteiger partial charge in [0.25, 0.3) is 0 Å². The number of ether oxygens (including phenoxy) is 1. The van der Waals surface area contributed by atoms with Gasteiger partial charge in [0.05, 0.1) is 18.4 Å². The molecule has 0 unspecified atom stereocenters. The normalized spacial score (nSPS) is 12.7. The number of rotatable bonds is 5. The zero-order valence-electron chi connectivity index (χ0n) is 16.9. The Hall–Kier alpha value is -3.53. The second-order valence-electron chi connectivity index (χ2n) is 7.87. The fraction of sp³-hybridized carbons (Fsp3) is 0.192. The van der Waals surface area contributed by atoms with Crippen LogP contribution in [0.3, 0.4) is 0 Å². The van der Waals surface area contributed by atoms with Crippen LogP contribution < -0.4 is 10.1 Å². The van der Waals surface area contributed by atoms with Gasteiger partial charge < -0.3 is 14.5 Å². The minimum atomic E-state index is -0.0989. The fourth-order valence-electron chi connectivity index (χ4n) is 4.04. The molecule has 0 fully saturated rings. The first-order valence-corrected chi connectivity index (χ1v) is 10.3. The van der Waals surface area contributed by atoms with Crippen molar-refractivity contribution in [3.05, 3.63) is 89.2 Å². The van der Waals surface area contributed by atoms with Crippen molar-refractivity contribution in [3.63, 3.8) is 0 Å². The monoisotopic (exact) mass is 397 g/mol. The number of nitrogens with one attached hydrogen (secondary N) is 1. The molecule has 0 saturated carbocycles. The summed E-state index contributed by atoms with van der Waals surface area (Å²) in [4.78, 5) is 12.8. The Morgan fingerprint density at radius 3 is 2.63 bits per heavy atom. The minimum Gasteiger partial charge on any atom is -0.464 e. The Balaban J connectivity index is 1.34. The molecule has 1 aromatic heterocycles. The minimum absolute atomic E-state index is 0.0989. The number of hydrogen-bond acceptors (Lipinski definition) is 3. The molecule has 4 heteroatoms. The fourth-order valence-corrected chi connectivity index (χ4v) is 4.04. The highest BCUT2D eigenvalue weighted by Gasteiger charge is 2.17. The third-order valence-corrected chi connectivity index (χ3v) is 5.63. The third kappa shape index (κ3) is 3.69. The van der Waals surface area contributed by atoms with Gasteiger partial charge in [-0.1, -0.05) is 29.8 Å². The molecule has 1 aliphatic carbocycles. The number of carbonyl (C=O) groups excluding carboxylic acids is 1.